The van der Waals surface area contributed by atoms with Crippen molar-refractivity contribution in [2.24, 2.45) is 0 Å². The molecule has 266 valence electrons. The molecule has 2 aliphatic rings. The first-order chi connectivity index (χ1) is 28.3. The number of fused-ring (bicyclic) bond motifs is 13. The molecular formula is C55H35NS. The highest BCUT2D eigenvalue weighted by atomic mass is 32.1. The second kappa shape index (κ2) is 12.5. The van der Waals surface area contributed by atoms with Crippen molar-refractivity contribution in [2.45, 2.75) is 5.41 Å². The summed E-state index contributed by atoms with van der Waals surface area (Å²) in [6.07, 6.45) is 0. The van der Waals surface area contributed by atoms with Gasteiger partial charge in [-0.25, -0.2) is 0 Å². The van der Waals surface area contributed by atoms with E-state index in [-0.39, 0.29) is 0 Å². The van der Waals surface area contributed by atoms with Crippen molar-refractivity contribution in [2.75, 3.05) is 4.90 Å². The van der Waals surface area contributed by atoms with Crippen LogP contribution in [0.3, 0.4) is 0 Å². The van der Waals surface area contributed by atoms with Gasteiger partial charge in [0.2, 0.25) is 0 Å². The van der Waals surface area contributed by atoms with Crippen molar-refractivity contribution < 1.29 is 0 Å². The molecule has 0 amide bonds. The molecular weight excluding hydrogens is 707 g/mol. The highest BCUT2D eigenvalue weighted by Crippen LogP contribution is 2.63. The predicted molar refractivity (Wildman–Crippen MR) is 241 cm³/mol. The molecule has 0 radical (unpaired) electrons. The first-order valence-electron chi connectivity index (χ1n) is 19.7. The van der Waals surface area contributed by atoms with Crippen molar-refractivity contribution in [1.29, 1.82) is 0 Å². The van der Waals surface area contributed by atoms with Crippen LogP contribution in [0.1, 0.15) is 22.3 Å². The summed E-state index contributed by atoms with van der Waals surface area (Å²) in [5.41, 5.74) is 18.5. The molecule has 9 aromatic carbocycles. The van der Waals surface area contributed by atoms with E-state index in [9.17, 15) is 0 Å². The van der Waals surface area contributed by atoms with Crippen molar-refractivity contribution in [1.82, 2.24) is 0 Å². The van der Waals surface area contributed by atoms with E-state index in [1.807, 2.05) is 11.3 Å². The standard InChI is InChI=1S/C55H35NS/c1-2-13-36(14-3-1)37-25-29-39(30-26-37)56(40-31-27-38(28-32-40)42-19-12-20-48-47-18-7-11-24-53(47)57-54(42)48)41-33-34-46-45-17-6-10-23-51(45)55(52(46)35-41)49-21-8-4-15-43(49)44-16-5-9-22-50(44)55/h1-35H. The van der Waals surface area contributed by atoms with Crippen LogP contribution >= 0.6 is 11.3 Å². The minimum atomic E-state index is -0.412. The van der Waals surface area contributed by atoms with E-state index in [2.05, 4.69) is 217 Å². The van der Waals surface area contributed by atoms with Gasteiger partial charge in [-0.3, -0.25) is 0 Å². The number of anilines is 3. The lowest BCUT2D eigenvalue weighted by Crippen LogP contribution is -2.26. The Morgan fingerprint density at radius 3 is 1.44 bits per heavy atom. The van der Waals surface area contributed by atoms with Crippen LogP contribution in [0.25, 0.3) is 64.7 Å². The van der Waals surface area contributed by atoms with E-state index in [4.69, 9.17) is 0 Å². The molecule has 0 saturated heterocycles. The van der Waals surface area contributed by atoms with Crippen LogP contribution < -0.4 is 4.90 Å². The molecule has 1 aromatic heterocycles. The Balaban J connectivity index is 1.05. The van der Waals surface area contributed by atoms with Gasteiger partial charge in [0, 0.05) is 37.2 Å². The van der Waals surface area contributed by atoms with Crippen molar-refractivity contribution in [3.05, 3.63) is 235 Å². The largest absolute Gasteiger partial charge is 0.310 e. The van der Waals surface area contributed by atoms with Crippen LogP contribution in [0, 0.1) is 0 Å². The number of thiophene rings is 1. The van der Waals surface area contributed by atoms with Gasteiger partial charge >= 0.3 is 0 Å². The Kier molecular flexibility index (Phi) is 7.08. The van der Waals surface area contributed by atoms with Crippen molar-refractivity contribution in [3.63, 3.8) is 0 Å². The second-order valence-corrected chi connectivity index (χ2v) is 16.2. The van der Waals surface area contributed by atoms with Gasteiger partial charge in [0.1, 0.15) is 0 Å². The predicted octanol–water partition coefficient (Wildman–Crippen LogP) is 15.2. The molecule has 10 aromatic rings. The monoisotopic (exact) mass is 741 g/mol. The molecule has 0 bridgehead atoms. The molecule has 0 N–H and O–H groups in total. The zero-order chi connectivity index (χ0) is 37.5. The third-order valence-electron chi connectivity index (χ3n) is 12.3. The van der Waals surface area contributed by atoms with Crippen LogP contribution in [-0.2, 0) is 5.41 Å². The molecule has 57 heavy (non-hydrogen) atoms. The van der Waals surface area contributed by atoms with Gasteiger partial charge in [0.05, 0.1) is 5.41 Å². The van der Waals surface area contributed by atoms with E-state index in [0.717, 1.165) is 17.1 Å². The summed E-state index contributed by atoms with van der Waals surface area (Å²) in [7, 11) is 0. The average molecular weight is 742 g/mol. The van der Waals surface area contributed by atoms with E-state index in [1.165, 1.54) is 86.9 Å². The SMILES string of the molecule is c1ccc(-c2ccc(N(c3ccc(-c4cccc5c4sc4ccccc45)cc3)c3ccc4c(c3)C3(c5ccccc5-c5ccccc53)c3ccccc3-4)cc2)cc1. The second-order valence-electron chi connectivity index (χ2n) is 15.2. The average Bonchev–Trinajstić information content (AvgIpc) is 3.92. The molecule has 0 saturated carbocycles. The third-order valence-corrected chi connectivity index (χ3v) is 13.5. The van der Waals surface area contributed by atoms with Crippen LogP contribution in [0.15, 0.2) is 212 Å². The maximum atomic E-state index is 2.48. The Labute approximate surface area is 336 Å². The fourth-order valence-corrected chi connectivity index (χ4v) is 11.1. The Bertz CT molecular complexity index is 3110. The van der Waals surface area contributed by atoms with Crippen LogP contribution in [0.2, 0.25) is 0 Å². The lowest BCUT2D eigenvalue weighted by molar-refractivity contribution is 0.793. The van der Waals surface area contributed by atoms with Gasteiger partial charge in [0.15, 0.2) is 0 Å². The third kappa shape index (κ3) is 4.68. The number of hydrogen-bond acceptors (Lipinski definition) is 2. The molecule has 0 atom stereocenters. The minimum absolute atomic E-state index is 0.412. The molecule has 0 unspecified atom stereocenters. The smallest absolute Gasteiger partial charge is 0.0726 e. The van der Waals surface area contributed by atoms with E-state index in [1.54, 1.807) is 0 Å². The van der Waals surface area contributed by atoms with Gasteiger partial charge in [-0.05, 0) is 109 Å². The summed E-state index contributed by atoms with van der Waals surface area (Å²) in [6, 6.07) is 78.6. The fraction of sp³-hybridized carbons (Fsp3) is 0.0182. The number of benzene rings is 9. The van der Waals surface area contributed by atoms with Crippen LogP contribution in [0.4, 0.5) is 17.1 Å². The zero-order valence-electron chi connectivity index (χ0n) is 31.1. The molecule has 1 spiro atoms. The van der Waals surface area contributed by atoms with E-state index >= 15 is 0 Å². The minimum Gasteiger partial charge on any atom is -0.310 e. The van der Waals surface area contributed by atoms with Crippen LogP contribution in [0.5, 0.6) is 0 Å². The van der Waals surface area contributed by atoms with Gasteiger partial charge in [-0.15, -0.1) is 11.3 Å². The first-order valence-corrected chi connectivity index (χ1v) is 20.5. The zero-order valence-corrected chi connectivity index (χ0v) is 31.9. The van der Waals surface area contributed by atoms with Gasteiger partial charge in [-0.1, -0.05) is 170 Å². The number of hydrogen-bond donors (Lipinski definition) is 0. The van der Waals surface area contributed by atoms with Gasteiger partial charge in [-0.2, -0.15) is 0 Å². The molecule has 0 fully saturated rings. The van der Waals surface area contributed by atoms with Crippen molar-refractivity contribution in [3.8, 4) is 44.5 Å². The highest BCUT2D eigenvalue weighted by molar-refractivity contribution is 7.26. The normalized spacial score (nSPS) is 13.1. The quantitative estimate of drug-likeness (QED) is 0.170. The summed E-state index contributed by atoms with van der Waals surface area (Å²) in [5, 5.41) is 2.64. The van der Waals surface area contributed by atoms with E-state index < -0.39 is 5.41 Å². The summed E-state index contributed by atoms with van der Waals surface area (Å²) in [5.74, 6) is 0. The maximum Gasteiger partial charge on any atom is 0.0726 e. The highest BCUT2D eigenvalue weighted by Gasteiger charge is 2.51. The first kappa shape index (κ1) is 32.3. The van der Waals surface area contributed by atoms with Crippen LogP contribution in [-0.4, -0.2) is 0 Å². The Morgan fingerprint density at radius 1 is 0.316 bits per heavy atom. The summed E-state index contributed by atoms with van der Waals surface area (Å²) in [4.78, 5) is 2.43. The van der Waals surface area contributed by atoms with Gasteiger partial charge in [0.25, 0.3) is 0 Å². The summed E-state index contributed by atoms with van der Waals surface area (Å²) in [6.45, 7) is 0. The molecule has 2 aliphatic carbocycles. The molecule has 1 heterocycles. The topological polar surface area (TPSA) is 3.24 Å². The summed E-state index contributed by atoms with van der Waals surface area (Å²) >= 11 is 1.88. The molecule has 0 aliphatic heterocycles. The molecule has 2 heteroatoms. The lowest BCUT2D eigenvalue weighted by atomic mass is 9.70. The Morgan fingerprint density at radius 2 is 0.789 bits per heavy atom. The molecule has 1 nitrogen and oxygen atoms in total. The summed E-state index contributed by atoms with van der Waals surface area (Å²) < 4.78 is 2.66. The van der Waals surface area contributed by atoms with Crippen molar-refractivity contribution >= 4 is 48.6 Å². The number of rotatable bonds is 5. The Hall–Kier alpha value is -7.00. The maximum absolute atomic E-state index is 2.48. The lowest BCUT2D eigenvalue weighted by Gasteiger charge is -2.32. The number of nitrogens with zero attached hydrogens (tertiary/aromatic N) is 1. The molecule has 12 rings (SSSR count). The van der Waals surface area contributed by atoms with Gasteiger partial charge < -0.3 is 4.90 Å². The van der Waals surface area contributed by atoms with E-state index in [0.29, 0.717) is 0 Å². The fourth-order valence-electron chi connectivity index (χ4n) is 9.87.